The molecule has 1 heterocycles. The number of alkyl halides is 3. The first-order chi connectivity index (χ1) is 20.8. The maximum absolute atomic E-state index is 13.2. The molecule has 2 atom stereocenters. The van der Waals surface area contributed by atoms with Crippen LogP contribution in [0.1, 0.15) is 41.1 Å². The molecule has 224 valence electrons. The molecule has 0 aromatic heterocycles. The number of benzene rings is 4. The summed E-state index contributed by atoms with van der Waals surface area (Å²) in [5.41, 5.74) is 3.42. The van der Waals surface area contributed by atoms with E-state index < -0.39 is 11.7 Å². The molecular weight excluding hydrogens is 553 g/mol. The molecule has 1 aliphatic heterocycles. The molecule has 1 saturated heterocycles. The molecule has 43 heavy (non-hydrogen) atoms. The average molecular weight is 589 g/mol. The number of anilines is 2. The van der Waals surface area contributed by atoms with Crippen LogP contribution in [0.4, 0.5) is 24.5 Å². The summed E-state index contributed by atoms with van der Waals surface area (Å²) in [5.74, 6) is -0.341. The van der Waals surface area contributed by atoms with Gasteiger partial charge in [0.2, 0.25) is 0 Å². The zero-order valence-corrected chi connectivity index (χ0v) is 23.9. The van der Waals surface area contributed by atoms with Gasteiger partial charge in [0.25, 0.3) is 5.91 Å². The van der Waals surface area contributed by atoms with Crippen LogP contribution in [0.15, 0.2) is 103 Å². The van der Waals surface area contributed by atoms with Crippen molar-refractivity contribution in [2.45, 2.75) is 31.8 Å². The Balaban J connectivity index is 1.20. The van der Waals surface area contributed by atoms with E-state index in [0.717, 1.165) is 49.4 Å². The van der Waals surface area contributed by atoms with Crippen molar-refractivity contribution in [2.24, 2.45) is 0 Å². The summed E-state index contributed by atoms with van der Waals surface area (Å²) >= 11 is 0. The first kappa shape index (κ1) is 30.3. The zero-order chi connectivity index (χ0) is 30.2. The third-order valence-corrected chi connectivity index (χ3v) is 7.44. The molecule has 2 unspecified atom stereocenters. The predicted molar refractivity (Wildman–Crippen MR) is 164 cm³/mol. The number of rotatable bonds is 11. The summed E-state index contributed by atoms with van der Waals surface area (Å²) in [4.78, 5) is 15.5. The van der Waals surface area contributed by atoms with Crippen LogP contribution in [0.2, 0.25) is 0 Å². The van der Waals surface area contributed by atoms with E-state index in [1.165, 1.54) is 12.1 Å². The highest BCUT2D eigenvalue weighted by molar-refractivity contribution is 6.08. The highest BCUT2D eigenvalue weighted by Gasteiger charge is 2.31. The number of nitrogens with one attached hydrogen (secondary N) is 3. The van der Waals surface area contributed by atoms with Crippen LogP contribution in [0.25, 0.3) is 11.1 Å². The van der Waals surface area contributed by atoms with Gasteiger partial charge in [0.1, 0.15) is 6.23 Å². The number of carbonyl (C=O) groups is 1. The van der Waals surface area contributed by atoms with Crippen LogP contribution < -0.4 is 16.0 Å². The standard InChI is InChI=1S/C34H35F3N4O2/c1-2-38-23-43-33(25-8-4-3-5-9-25)41-21-20-29(22-41)39-27-16-18-28(19-17-27)40-32(42)31-11-7-6-10-30(31)24-12-14-26(15-13-24)34(35,36)37/h3-19,29,33,38-39H,2,20-23H2,1H3,(H,40,42). The molecule has 9 heteroatoms. The lowest BCUT2D eigenvalue weighted by Gasteiger charge is -2.28. The first-order valence-electron chi connectivity index (χ1n) is 14.4. The van der Waals surface area contributed by atoms with E-state index in [2.05, 4.69) is 39.9 Å². The van der Waals surface area contributed by atoms with E-state index in [-0.39, 0.29) is 18.2 Å². The highest BCUT2D eigenvalue weighted by atomic mass is 19.4. The second-order valence-corrected chi connectivity index (χ2v) is 10.5. The number of hydrogen-bond donors (Lipinski definition) is 3. The fraction of sp³-hybridized carbons (Fsp3) is 0.265. The van der Waals surface area contributed by atoms with Gasteiger partial charge < -0.3 is 15.4 Å². The Bertz CT molecular complexity index is 1480. The van der Waals surface area contributed by atoms with Crippen molar-refractivity contribution >= 4 is 17.3 Å². The molecule has 0 spiro atoms. The summed E-state index contributed by atoms with van der Waals surface area (Å²) < 4.78 is 45.2. The van der Waals surface area contributed by atoms with Gasteiger partial charge in [-0.3, -0.25) is 15.0 Å². The van der Waals surface area contributed by atoms with E-state index in [1.807, 2.05) is 42.5 Å². The van der Waals surface area contributed by atoms with Crippen molar-refractivity contribution in [3.05, 3.63) is 120 Å². The highest BCUT2D eigenvalue weighted by Crippen LogP contribution is 2.32. The Morgan fingerprint density at radius 1 is 0.907 bits per heavy atom. The van der Waals surface area contributed by atoms with E-state index in [4.69, 9.17) is 4.74 Å². The molecule has 1 fully saturated rings. The van der Waals surface area contributed by atoms with E-state index in [1.54, 1.807) is 24.3 Å². The third-order valence-electron chi connectivity index (χ3n) is 7.44. The molecule has 6 nitrogen and oxygen atoms in total. The van der Waals surface area contributed by atoms with Gasteiger partial charge in [-0.1, -0.05) is 67.6 Å². The summed E-state index contributed by atoms with van der Waals surface area (Å²) in [6, 6.07) is 29.7. The Labute approximate surface area is 249 Å². The number of likely N-dealkylation sites (tertiary alicyclic amines) is 1. The Hall–Kier alpha value is -4.18. The smallest absolute Gasteiger partial charge is 0.381 e. The van der Waals surface area contributed by atoms with Crippen molar-refractivity contribution in [3.63, 3.8) is 0 Å². The van der Waals surface area contributed by atoms with Crippen molar-refractivity contribution < 1.29 is 22.7 Å². The third kappa shape index (κ3) is 7.81. The fourth-order valence-corrected chi connectivity index (χ4v) is 5.24. The second-order valence-electron chi connectivity index (χ2n) is 10.5. The van der Waals surface area contributed by atoms with Gasteiger partial charge in [0.05, 0.1) is 12.3 Å². The maximum Gasteiger partial charge on any atom is 0.416 e. The number of ether oxygens (including phenoxy) is 1. The van der Waals surface area contributed by atoms with Gasteiger partial charge in [0, 0.05) is 36.1 Å². The maximum atomic E-state index is 13.2. The number of nitrogens with zero attached hydrogens (tertiary/aromatic N) is 1. The van der Waals surface area contributed by atoms with Gasteiger partial charge in [-0.15, -0.1) is 0 Å². The average Bonchev–Trinajstić information content (AvgIpc) is 3.48. The molecule has 1 aliphatic rings. The normalized spacial score (nSPS) is 16.1. The number of hydrogen-bond acceptors (Lipinski definition) is 5. The molecule has 4 aromatic rings. The minimum absolute atomic E-state index is 0.130. The first-order valence-corrected chi connectivity index (χ1v) is 14.4. The molecule has 1 amide bonds. The van der Waals surface area contributed by atoms with Gasteiger partial charge in [-0.2, -0.15) is 13.2 Å². The van der Waals surface area contributed by atoms with Crippen LogP contribution in [0, 0.1) is 0 Å². The number of carbonyl (C=O) groups excluding carboxylic acids is 1. The fourth-order valence-electron chi connectivity index (χ4n) is 5.24. The summed E-state index contributed by atoms with van der Waals surface area (Å²) in [6.07, 6.45) is -3.58. The monoisotopic (exact) mass is 588 g/mol. The van der Waals surface area contributed by atoms with Gasteiger partial charge in [0.15, 0.2) is 0 Å². The molecule has 3 N–H and O–H groups in total. The molecule has 0 aliphatic carbocycles. The molecule has 0 bridgehead atoms. The van der Waals surface area contributed by atoms with Gasteiger partial charge >= 0.3 is 6.18 Å². The van der Waals surface area contributed by atoms with Crippen LogP contribution in [-0.2, 0) is 10.9 Å². The molecular formula is C34H35F3N4O2. The number of amides is 1. The minimum Gasteiger partial charge on any atom is -0.381 e. The van der Waals surface area contributed by atoms with Crippen LogP contribution in [0.5, 0.6) is 0 Å². The lowest BCUT2D eigenvalue weighted by molar-refractivity contribution is -0.137. The summed E-state index contributed by atoms with van der Waals surface area (Å²) in [7, 11) is 0. The van der Waals surface area contributed by atoms with Crippen LogP contribution >= 0.6 is 0 Å². The zero-order valence-electron chi connectivity index (χ0n) is 23.9. The van der Waals surface area contributed by atoms with E-state index >= 15 is 0 Å². The lowest BCUT2D eigenvalue weighted by Crippen LogP contribution is -2.33. The van der Waals surface area contributed by atoms with E-state index in [9.17, 15) is 18.0 Å². The molecule has 0 saturated carbocycles. The molecule has 5 rings (SSSR count). The van der Waals surface area contributed by atoms with Gasteiger partial charge in [-0.05, 0) is 72.1 Å². The van der Waals surface area contributed by atoms with Gasteiger partial charge in [-0.25, -0.2) is 0 Å². The SMILES string of the molecule is CCNCOC(c1ccccc1)N1CCC(Nc2ccc(NC(=O)c3ccccc3-c3ccc(C(F)(F)F)cc3)cc2)C1. The predicted octanol–water partition coefficient (Wildman–Crippen LogP) is 7.39. The van der Waals surface area contributed by atoms with E-state index in [0.29, 0.717) is 29.1 Å². The quantitative estimate of drug-likeness (QED) is 0.126. The minimum atomic E-state index is -4.42. The van der Waals surface area contributed by atoms with Crippen molar-refractivity contribution in [1.29, 1.82) is 0 Å². The van der Waals surface area contributed by atoms with Crippen molar-refractivity contribution in [3.8, 4) is 11.1 Å². The van der Waals surface area contributed by atoms with Crippen molar-refractivity contribution in [2.75, 3.05) is 37.0 Å². The Morgan fingerprint density at radius 2 is 1.58 bits per heavy atom. The largest absolute Gasteiger partial charge is 0.416 e. The number of halogens is 3. The Morgan fingerprint density at radius 3 is 2.28 bits per heavy atom. The van der Waals surface area contributed by atoms with Crippen molar-refractivity contribution in [1.82, 2.24) is 10.2 Å². The summed E-state index contributed by atoms with van der Waals surface area (Å²) in [6.45, 7) is 5.09. The van der Waals surface area contributed by atoms with Crippen LogP contribution in [0.3, 0.4) is 0 Å². The Kier molecular flexibility index (Phi) is 9.76. The lowest BCUT2D eigenvalue weighted by atomic mass is 9.98. The van der Waals surface area contributed by atoms with Crippen LogP contribution in [-0.4, -0.2) is 43.2 Å². The molecule has 0 radical (unpaired) electrons. The second kappa shape index (κ2) is 13.9. The topological polar surface area (TPSA) is 65.6 Å². The molecule has 4 aromatic carbocycles. The summed E-state index contributed by atoms with van der Waals surface area (Å²) in [5, 5.41) is 9.75.